The summed E-state index contributed by atoms with van der Waals surface area (Å²) in [6.45, 7) is 7.78. The number of hydrogen-bond acceptors (Lipinski definition) is 5. The summed E-state index contributed by atoms with van der Waals surface area (Å²) in [7, 11) is 0. The van der Waals surface area contributed by atoms with E-state index in [2.05, 4.69) is 15.3 Å². The number of aromatic nitrogens is 2. The number of rotatable bonds is 5. The van der Waals surface area contributed by atoms with Crippen LogP contribution in [0.4, 0.5) is 5.82 Å². The van der Waals surface area contributed by atoms with Gasteiger partial charge in [0.1, 0.15) is 22.8 Å². The quantitative estimate of drug-likeness (QED) is 0.659. The second-order valence-electron chi connectivity index (χ2n) is 4.21. The molecular formula is C12H18ClN3O2. The zero-order valence-electron chi connectivity index (χ0n) is 11.0. The second-order valence-corrected chi connectivity index (χ2v) is 4.59. The van der Waals surface area contributed by atoms with Crippen molar-refractivity contribution < 1.29 is 9.53 Å². The molecule has 0 spiro atoms. The van der Waals surface area contributed by atoms with Crippen LogP contribution in [0, 0.1) is 0 Å². The first-order valence-electron chi connectivity index (χ1n) is 5.91. The van der Waals surface area contributed by atoms with Crippen molar-refractivity contribution >= 4 is 23.4 Å². The van der Waals surface area contributed by atoms with Gasteiger partial charge in [-0.25, -0.2) is 14.8 Å². The van der Waals surface area contributed by atoms with Crippen molar-refractivity contribution in [2.45, 2.75) is 39.7 Å². The smallest absolute Gasteiger partial charge is 0.328 e. The number of hydrogen-bond donors (Lipinski definition) is 1. The van der Waals surface area contributed by atoms with Crippen molar-refractivity contribution in [3.8, 4) is 0 Å². The minimum absolute atomic E-state index is 0.169. The van der Waals surface area contributed by atoms with Gasteiger partial charge in [0, 0.05) is 12.0 Å². The average Bonchev–Trinajstić information content (AvgIpc) is 2.28. The number of esters is 1. The van der Waals surface area contributed by atoms with E-state index in [1.807, 2.05) is 13.8 Å². The second kappa shape index (κ2) is 6.54. The molecule has 6 heteroatoms. The van der Waals surface area contributed by atoms with E-state index in [0.717, 1.165) is 0 Å². The molecule has 1 atom stereocenters. The van der Waals surface area contributed by atoms with Crippen LogP contribution in [0.15, 0.2) is 6.07 Å². The topological polar surface area (TPSA) is 64.1 Å². The van der Waals surface area contributed by atoms with Crippen molar-refractivity contribution in [3.63, 3.8) is 0 Å². The molecule has 0 saturated heterocycles. The lowest BCUT2D eigenvalue weighted by atomic mass is 10.2. The van der Waals surface area contributed by atoms with Gasteiger partial charge in [-0.2, -0.15) is 0 Å². The van der Waals surface area contributed by atoms with Crippen LogP contribution in [0.5, 0.6) is 0 Å². The third kappa shape index (κ3) is 4.14. The van der Waals surface area contributed by atoms with Gasteiger partial charge in [-0.1, -0.05) is 25.4 Å². The molecule has 0 saturated carbocycles. The van der Waals surface area contributed by atoms with Crippen molar-refractivity contribution in [2.24, 2.45) is 0 Å². The standard InChI is InChI=1S/C12H18ClN3O2/c1-5-18-12(17)8(4)14-10-6-9(13)15-11(16-10)7(2)3/h6-8H,5H2,1-4H3,(H,14,15,16). The van der Waals surface area contributed by atoms with Gasteiger partial charge in [0.2, 0.25) is 0 Å². The zero-order valence-corrected chi connectivity index (χ0v) is 11.8. The van der Waals surface area contributed by atoms with Crippen LogP contribution in [0.1, 0.15) is 39.4 Å². The number of carbonyl (C=O) groups is 1. The van der Waals surface area contributed by atoms with Crippen LogP contribution in [-0.4, -0.2) is 28.6 Å². The van der Waals surface area contributed by atoms with Crippen molar-refractivity contribution in [1.82, 2.24) is 9.97 Å². The maximum Gasteiger partial charge on any atom is 0.328 e. The van der Waals surface area contributed by atoms with Gasteiger partial charge >= 0.3 is 5.97 Å². The van der Waals surface area contributed by atoms with Gasteiger partial charge in [-0.05, 0) is 13.8 Å². The monoisotopic (exact) mass is 271 g/mol. The number of halogens is 1. The molecule has 0 radical (unpaired) electrons. The Bertz CT molecular complexity index is 424. The molecule has 0 fully saturated rings. The van der Waals surface area contributed by atoms with E-state index >= 15 is 0 Å². The molecule has 0 amide bonds. The first kappa shape index (κ1) is 14.7. The van der Waals surface area contributed by atoms with Crippen LogP contribution in [0.2, 0.25) is 5.15 Å². The normalized spacial score (nSPS) is 12.3. The number of carbonyl (C=O) groups excluding carboxylic acids is 1. The van der Waals surface area contributed by atoms with E-state index in [-0.39, 0.29) is 11.9 Å². The Morgan fingerprint density at radius 3 is 2.67 bits per heavy atom. The fourth-order valence-electron chi connectivity index (χ4n) is 1.32. The number of nitrogens with one attached hydrogen (secondary N) is 1. The number of anilines is 1. The molecule has 0 bridgehead atoms. The summed E-state index contributed by atoms with van der Waals surface area (Å²) in [5.41, 5.74) is 0. The van der Waals surface area contributed by atoms with Crippen molar-refractivity contribution in [3.05, 3.63) is 17.0 Å². The summed E-state index contributed by atoms with van der Waals surface area (Å²) < 4.78 is 4.91. The highest BCUT2D eigenvalue weighted by atomic mass is 35.5. The molecule has 1 N–H and O–H groups in total. The van der Waals surface area contributed by atoms with Crippen LogP contribution < -0.4 is 5.32 Å². The molecule has 1 heterocycles. The lowest BCUT2D eigenvalue weighted by molar-refractivity contribution is -0.143. The summed E-state index contributed by atoms with van der Waals surface area (Å²) >= 11 is 5.91. The summed E-state index contributed by atoms with van der Waals surface area (Å²) in [6.07, 6.45) is 0. The lowest BCUT2D eigenvalue weighted by Gasteiger charge is -2.14. The molecule has 0 aliphatic heterocycles. The Hall–Kier alpha value is -1.36. The van der Waals surface area contributed by atoms with E-state index in [4.69, 9.17) is 16.3 Å². The summed E-state index contributed by atoms with van der Waals surface area (Å²) in [6, 6.07) is 1.11. The molecule has 1 aromatic rings. The molecule has 1 unspecified atom stereocenters. The predicted molar refractivity (Wildman–Crippen MR) is 70.8 cm³/mol. The Labute approximate surface area is 112 Å². The summed E-state index contributed by atoms with van der Waals surface area (Å²) in [5.74, 6) is 1.01. The maximum atomic E-state index is 11.5. The zero-order chi connectivity index (χ0) is 13.7. The van der Waals surface area contributed by atoms with Gasteiger partial charge in [0.15, 0.2) is 0 Å². The molecule has 1 aromatic heterocycles. The molecule has 5 nitrogen and oxygen atoms in total. The lowest BCUT2D eigenvalue weighted by Crippen LogP contribution is -2.28. The summed E-state index contributed by atoms with van der Waals surface area (Å²) in [5, 5.41) is 3.31. The fraction of sp³-hybridized carbons (Fsp3) is 0.583. The van der Waals surface area contributed by atoms with Crippen LogP contribution >= 0.6 is 11.6 Å². The van der Waals surface area contributed by atoms with E-state index in [1.54, 1.807) is 19.9 Å². The molecule has 18 heavy (non-hydrogen) atoms. The van der Waals surface area contributed by atoms with Crippen molar-refractivity contribution in [2.75, 3.05) is 11.9 Å². The predicted octanol–water partition coefficient (Wildman–Crippen LogP) is 2.62. The Morgan fingerprint density at radius 1 is 1.44 bits per heavy atom. The largest absolute Gasteiger partial charge is 0.464 e. The van der Waals surface area contributed by atoms with E-state index in [0.29, 0.717) is 23.4 Å². The van der Waals surface area contributed by atoms with Crippen LogP contribution in [0.25, 0.3) is 0 Å². The van der Waals surface area contributed by atoms with Gasteiger partial charge in [0.05, 0.1) is 6.61 Å². The summed E-state index contributed by atoms with van der Waals surface area (Å²) in [4.78, 5) is 19.9. The third-order valence-electron chi connectivity index (χ3n) is 2.23. The maximum absolute atomic E-state index is 11.5. The van der Waals surface area contributed by atoms with Crippen LogP contribution in [-0.2, 0) is 9.53 Å². The first-order valence-corrected chi connectivity index (χ1v) is 6.29. The molecule has 0 aromatic carbocycles. The fourth-order valence-corrected chi connectivity index (χ4v) is 1.51. The molecular weight excluding hydrogens is 254 g/mol. The molecule has 1 rings (SSSR count). The first-order chi connectivity index (χ1) is 8.43. The number of nitrogens with zero attached hydrogens (tertiary/aromatic N) is 2. The van der Waals surface area contributed by atoms with E-state index < -0.39 is 6.04 Å². The number of ether oxygens (including phenoxy) is 1. The highest BCUT2D eigenvalue weighted by molar-refractivity contribution is 6.29. The van der Waals surface area contributed by atoms with Crippen molar-refractivity contribution in [1.29, 1.82) is 0 Å². The Balaban J connectivity index is 2.81. The van der Waals surface area contributed by atoms with Crippen LogP contribution in [0.3, 0.4) is 0 Å². The van der Waals surface area contributed by atoms with E-state index in [1.165, 1.54) is 0 Å². The Morgan fingerprint density at radius 2 is 2.11 bits per heavy atom. The van der Waals surface area contributed by atoms with Gasteiger partial charge in [-0.3, -0.25) is 0 Å². The van der Waals surface area contributed by atoms with E-state index in [9.17, 15) is 4.79 Å². The highest BCUT2D eigenvalue weighted by Crippen LogP contribution is 2.17. The Kier molecular flexibility index (Phi) is 5.34. The minimum atomic E-state index is -0.476. The highest BCUT2D eigenvalue weighted by Gasteiger charge is 2.15. The average molecular weight is 272 g/mol. The van der Waals surface area contributed by atoms with Gasteiger partial charge in [0.25, 0.3) is 0 Å². The van der Waals surface area contributed by atoms with Gasteiger partial charge < -0.3 is 10.1 Å². The SMILES string of the molecule is CCOC(=O)C(C)Nc1cc(Cl)nc(C(C)C)n1. The molecule has 0 aliphatic carbocycles. The van der Waals surface area contributed by atoms with Gasteiger partial charge in [-0.15, -0.1) is 0 Å². The molecule has 0 aliphatic rings. The minimum Gasteiger partial charge on any atom is -0.464 e. The molecule has 100 valence electrons. The third-order valence-corrected chi connectivity index (χ3v) is 2.43.